The number of halogens is 2. The van der Waals surface area contributed by atoms with Crippen molar-refractivity contribution in [2.45, 2.75) is 6.61 Å². The van der Waals surface area contributed by atoms with Gasteiger partial charge in [0.1, 0.15) is 0 Å². The molecule has 1 aromatic rings. The van der Waals surface area contributed by atoms with Gasteiger partial charge in [-0.25, -0.2) is 0 Å². The van der Waals surface area contributed by atoms with Crippen LogP contribution in [0.5, 0.6) is 11.5 Å². The Morgan fingerprint density at radius 1 is 1.45 bits per heavy atom. The lowest BCUT2D eigenvalue weighted by Gasteiger charge is -2.12. The van der Waals surface area contributed by atoms with Gasteiger partial charge >= 0.3 is 6.61 Å². The molecule has 110 valence electrons. The predicted octanol–water partition coefficient (Wildman–Crippen LogP) is 2.01. The summed E-state index contributed by atoms with van der Waals surface area (Å²) in [6, 6.07) is 4.24. The van der Waals surface area contributed by atoms with Crippen LogP contribution in [0.2, 0.25) is 0 Å². The first kappa shape index (κ1) is 15.9. The van der Waals surface area contributed by atoms with E-state index in [9.17, 15) is 13.6 Å². The Morgan fingerprint density at radius 2 is 2.20 bits per heavy atom. The second-order valence-corrected chi connectivity index (χ2v) is 3.71. The van der Waals surface area contributed by atoms with Crippen molar-refractivity contribution in [1.82, 2.24) is 5.32 Å². The second-order valence-electron chi connectivity index (χ2n) is 3.71. The maximum Gasteiger partial charge on any atom is 0.387 e. The van der Waals surface area contributed by atoms with E-state index in [1.165, 1.54) is 25.3 Å². The number of alkyl halides is 2. The van der Waals surface area contributed by atoms with Crippen LogP contribution in [-0.2, 0) is 4.79 Å². The highest BCUT2D eigenvalue weighted by molar-refractivity contribution is 5.92. The number of hydrogen-bond acceptors (Lipinski definition) is 4. The highest BCUT2D eigenvalue weighted by Crippen LogP contribution is 2.31. The van der Waals surface area contributed by atoms with Gasteiger partial charge in [0.25, 0.3) is 0 Å². The number of methoxy groups -OCH3 is 1. The number of rotatable bonds is 8. The molecule has 0 spiro atoms. The van der Waals surface area contributed by atoms with Crippen molar-refractivity contribution in [3.63, 3.8) is 0 Å². The van der Waals surface area contributed by atoms with Crippen LogP contribution in [0.15, 0.2) is 30.9 Å². The molecular weight excluding hydrogens is 270 g/mol. The smallest absolute Gasteiger partial charge is 0.387 e. The van der Waals surface area contributed by atoms with Gasteiger partial charge in [-0.1, -0.05) is 6.08 Å². The summed E-state index contributed by atoms with van der Waals surface area (Å²) in [7, 11) is 1.34. The number of carbonyl (C=O) groups is 1. The first-order chi connectivity index (χ1) is 9.56. The molecule has 0 fully saturated rings. The lowest BCUT2D eigenvalue weighted by atomic mass is 10.2. The average Bonchev–Trinajstić information content (AvgIpc) is 2.38. The topological polar surface area (TPSA) is 59.6 Å². The van der Waals surface area contributed by atoms with Gasteiger partial charge < -0.3 is 20.1 Å². The maximum absolute atomic E-state index is 12.3. The van der Waals surface area contributed by atoms with Crippen molar-refractivity contribution in [3.05, 3.63) is 30.9 Å². The summed E-state index contributed by atoms with van der Waals surface area (Å²) in [5.41, 5.74) is 0.340. The zero-order valence-electron chi connectivity index (χ0n) is 11.0. The molecule has 1 amide bonds. The lowest BCUT2D eigenvalue weighted by Crippen LogP contribution is -2.28. The second kappa shape index (κ2) is 8.11. The van der Waals surface area contributed by atoms with Crippen LogP contribution < -0.4 is 20.1 Å². The summed E-state index contributed by atoms with van der Waals surface area (Å²) in [4.78, 5) is 11.5. The van der Waals surface area contributed by atoms with Gasteiger partial charge in [0.15, 0.2) is 11.5 Å². The molecule has 2 N–H and O–H groups in total. The number of ether oxygens (including phenoxy) is 2. The monoisotopic (exact) mass is 286 g/mol. The number of nitrogens with one attached hydrogen (secondary N) is 2. The van der Waals surface area contributed by atoms with Crippen molar-refractivity contribution in [1.29, 1.82) is 0 Å². The summed E-state index contributed by atoms with van der Waals surface area (Å²) < 4.78 is 33.7. The molecule has 0 radical (unpaired) electrons. The van der Waals surface area contributed by atoms with Gasteiger partial charge in [-0.15, -0.1) is 6.58 Å². The van der Waals surface area contributed by atoms with E-state index >= 15 is 0 Å². The third-order valence-corrected chi connectivity index (χ3v) is 2.24. The van der Waals surface area contributed by atoms with Crippen molar-refractivity contribution in [2.75, 3.05) is 25.5 Å². The quantitative estimate of drug-likeness (QED) is 0.567. The molecule has 0 heterocycles. The molecule has 0 saturated carbocycles. The molecule has 0 atom stereocenters. The van der Waals surface area contributed by atoms with E-state index in [1.807, 2.05) is 0 Å². The van der Waals surface area contributed by atoms with Gasteiger partial charge in [-0.05, 0) is 12.1 Å². The van der Waals surface area contributed by atoms with Crippen LogP contribution in [0.4, 0.5) is 14.5 Å². The van der Waals surface area contributed by atoms with Crippen molar-refractivity contribution in [3.8, 4) is 11.5 Å². The molecule has 0 aromatic heterocycles. The molecule has 5 nitrogen and oxygen atoms in total. The van der Waals surface area contributed by atoms with E-state index in [4.69, 9.17) is 4.74 Å². The Bertz CT molecular complexity index is 467. The molecule has 0 aliphatic carbocycles. The third-order valence-electron chi connectivity index (χ3n) is 2.24. The molecule has 1 aromatic carbocycles. The SMILES string of the molecule is C=CCNCC(=O)Nc1ccc(OC)c(OC(F)F)c1. The van der Waals surface area contributed by atoms with Gasteiger partial charge in [0, 0.05) is 18.3 Å². The molecule has 20 heavy (non-hydrogen) atoms. The van der Waals surface area contributed by atoms with Gasteiger partial charge in [0.2, 0.25) is 5.91 Å². The molecule has 0 unspecified atom stereocenters. The number of anilines is 1. The largest absolute Gasteiger partial charge is 0.493 e. The molecule has 0 aliphatic heterocycles. The van der Waals surface area contributed by atoms with E-state index in [-0.39, 0.29) is 24.0 Å². The van der Waals surface area contributed by atoms with Crippen molar-refractivity contribution >= 4 is 11.6 Å². The van der Waals surface area contributed by atoms with Gasteiger partial charge in [0.05, 0.1) is 13.7 Å². The minimum atomic E-state index is -2.97. The molecule has 0 aliphatic rings. The van der Waals surface area contributed by atoms with Crippen LogP contribution in [0.25, 0.3) is 0 Å². The van der Waals surface area contributed by atoms with Gasteiger partial charge in [-0.3, -0.25) is 4.79 Å². The van der Waals surface area contributed by atoms with Crippen LogP contribution in [0, 0.1) is 0 Å². The van der Waals surface area contributed by atoms with E-state index in [0.717, 1.165) is 0 Å². The Kier molecular flexibility index (Phi) is 6.45. The van der Waals surface area contributed by atoms with E-state index < -0.39 is 6.61 Å². The van der Waals surface area contributed by atoms with Crippen LogP contribution in [0.3, 0.4) is 0 Å². The summed E-state index contributed by atoms with van der Waals surface area (Å²) in [6.07, 6.45) is 1.62. The molecule has 7 heteroatoms. The fourth-order valence-corrected chi connectivity index (χ4v) is 1.44. The summed E-state index contributed by atoms with van der Waals surface area (Å²) in [6.45, 7) is 1.12. The Hall–Kier alpha value is -2.15. The highest BCUT2D eigenvalue weighted by Gasteiger charge is 2.12. The zero-order valence-corrected chi connectivity index (χ0v) is 11.0. The Balaban J connectivity index is 2.70. The number of amides is 1. The lowest BCUT2D eigenvalue weighted by molar-refractivity contribution is -0.115. The zero-order chi connectivity index (χ0) is 15.0. The third kappa shape index (κ3) is 5.23. The molecular formula is C13H16F2N2O3. The number of hydrogen-bond donors (Lipinski definition) is 2. The summed E-state index contributed by atoms with van der Waals surface area (Å²) in [5, 5.41) is 5.37. The normalized spacial score (nSPS) is 10.2. The van der Waals surface area contributed by atoms with Gasteiger partial charge in [-0.2, -0.15) is 8.78 Å². The van der Waals surface area contributed by atoms with E-state index in [2.05, 4.69) is 21.9 Å². The summed E-state index contributed by atoms with van der Waals surface area (Å²) >= 11 is 0. The minimum Gasteiger partial charge on any atom is -0.493 e. The Labute approximate surface area is 115 Å². The van der Waals surface area contributed by atoms with E-state index in [1.54, 1.807) is 6.08 Å². The van der Waals surface area contributed by atoms with Crippen LogP contribution in [-0.4, -0.2) is 32.7 Å². The highest BCUT2D eigenvalue weighted by atomic mass is 19.3. The predicted molar refractivity (Wildman–Crippen MR) is 71.3 cm³/mol. The number of carbonyl (C=O) groups excluding carboxylic acids is 1. The molecule has 1 rings (SSSR count). The van der Waals surface area contributed by atoms with Crippen LogP contribution >= 0.6 is 0 Å². The van der Waals surface area contributed by atoms with E-state index in [0.29, 0.717) is 12.2 Å². The molecule has 0 bridgehead atoms. The van der Waals surface area contributed by atoms with Crippen molar-refractivity contribution < 1.29 is 23.0 Å². The summed E-state index contributed by atoms with van der Waals surface area (Å²) in [5.74, 6) is -0.285. The fraction of sp³-hybridized carbons (Fsp3) is 0.308. The maximum atomic E-state index is 12.3. The first-order valence-electron chi connectivity index (χ1n) is 5.81. The first-order valence-corrected chi connectivity index (χ1v) is 5.81. The molecule has 0 saturated heterocycles. The van der Waals surface area contributed by atoms with Crippen LogP contribution in [0.1, 0.15) is 0 Å². The average molecular weight is 286 g/mol. The van der Waals surface area contributed by atoms with Crippen molar-refractivity contribution in [2.24, 2.45) is 0 Å². The Morgan fingerprint density at radius 3 is 2.80 bits per heavy atom. The minimum absolute atomic E-state index is 0.0864. The standard InChI is InChI=1S/C13H16F2N2O3/c1-3-6-16-8-12(18)17-9-4-5-10(19-2)11(7-9)20-13(14)15/h3-5,7,13,16H,1,6,8H2,2H3,(H,17,18). The fourth-order valence-electron chi connectivity index (χ4n) is 1.44. The number of benzene rings is 1.